The minimum absolute atomic E-state index is 0.119. The van der Waals surface area contributed by atoms with Crippen LogP contribution in [0.2, 0.25) is 0 Å². The van der Waals surface area contributed by atoms with Gasteiger partial charge in [-0.15, -0.1) is 0 Å². The van der Waals surface area contributed by atoms with E-state index in [0.29, 0.717) is 22.3 Å². The van der Waals surface area contributed by atoms with E-state index in [9.17, 15) is 9.59 Å². The van der Waals surface area contributed by atoms with Crippen molar-refractivity contribution >= 4 is 22.3 Å². The lowest BCUT2D eigenvalue weighted by atomic mass is 9.87. The molecule has 0 unspecified atom stereocenters. The fourth-order valence-electron chi connectivity index (χ4n) is 3.64. The first-order valence-electron chi connectivity index (χ1n) is 9.30. The van der Waals surface area contributed by atoms with Gasteiger partial charge in [-0.1, -0.05) is 78.9 Å². The molecule has 0 spiro atoms. The monoisotopic (exact) mass is 364 g/mol. The van der Waals surface area contributed by atoms with E-state index in [1.54, 1.807) is 6.07 Å². The van der Waals surface area contributed by atoms with Gasteiger partial charge >= 0.3 is 0 Å². The van der Waals surface area contributed by atoms with Gasteiger partial charge in [-0.25, -0.2) is 0 Å². The lowest BCUT2D eigenvalue weighted by Crippen LogP contribution is -2.13. The molecule has 0 aromatic heterocycles. The summed E-state index contributed by atoms with van der Waals surface area (Å²) in [5, 5.41) is 1.75. The van der Waals surface area contributed by atoms with Crippen LogP contribution < -0.4 is 0 Å². The van der Waals surface area contributed by atoms with Gasteiger partial charge < -0.3 is 0 Å². The molecule has 0 fully saturated rings. The van der Waals surface area contributed by atoms with E-state index in [4.69, 9.17) is 0 Å². The van der Waals surface area contributed by atoms with Crippen molar-refractivity contribution in [2.45, 2.75) is 13.8 Å². The molecule has 0 heterocycles. The SMILES string of the molecule is Cc1ccccc1C(=O)c1ccc2ccccc2c1C(=O)c1ccccc1C. The van der Waals surface area contributed by atoms with Gasteiger partial charge in [-0.3, -0.25) is 9.59 Å². The maximum Gasteiger partial charge on any atom is 0.194 e. The molecule has 0 atom stereocenters. The molecule has 0 amide bonds. The van der Waals surface area contributed by atoms with Crippen LogP contribution in [0.15, 0.2) is 84.9 Å². The van der Waals surface area contributed by atoms with Crippen LogP contribution >= 0.6 is 0 Å². The van der Waals surface area contributed by atoms with Crippen LogP contribution in [-0.2, 0) is 0 Å². The Bertz CT molecular complexity index is 1220. The predicted octanol–water partition coefficient (Wildman–Crippen LogP) is 5.92. The second kappa shape index (κ2) is 7.24. The van der Waals surface area contributed by atoms with Gasteiger partial charge in [0, 0.05) is 22.3 Å². The topological polar surface area (TPSA) is 34.1 Å². The van der Waals surface area contributed by atoms with Gasteiger partial charge in [0.1, 0.15) is 0 Å². The largest absolute Gasteiger partial charge is 0.289 e. The number of hydrogen-bond acceptors (Lipinski definition) is 2. The van der Waals surface area contributed by atoms with Crippen molar-refractivity contribution in [3.63, 3.8) is 0 Å². The minimum atomic E-state index is -0.124. The standard InChI is InChI=1S/C26H20O2/c1-17-9-3-6-12-20(17)25(27)23-16-15-19-11-5-8-14-22(19)24(23)26(28)21-13-7-4-10-18(21)2/h3-16H,1-2H3. The predicted molar refractivity (Wildman–Crippen MR) is 113 cm³/mol. The van der Waals surface area contributed by atoms with E-state index in [1.165, 1.54) is 0 Å². The summed E-state index contributed by atoms with van der Waals surface area (Å²) in [7, 11) is 0. The highest BCUT2D eigenvalue weighted by Crippen LogP contribution is 2.28. The molecule has 0 saturated carbocycles. The number of benzene rings is 4. The third-order valence-corrected chi connectivity index (χ3v) is 5.18. The summed E-state index contributed by atoms with van der Waals surface area (Å²) in [6, 6.07) is 26.4. The maximum atomic E-state index is 13.6. The zero-order valence-electron chi connectivity index (χ0n) is 15.9. The van der Waals surface area contributed by atoms with Crippen molar-refractivity contribution in [2.24, 2.45) is 0 Å². The molecule has 0 N–H and O–H groups in total. The number of fused-ring (bicyclic) bond motifs is 1. The van der Waals surface area contributed by atoms with Crippen molar-refractivity contribution in [1.82, 2.24) is 0 Å². The Balaban J connectivity index is 1.99. The molecule has 4 aromatic carbocycles. The lowest BCUT2D eigenvalue weighted by Gasteiger charge is -2.14. The number of carbonyl (C=O) groups excluding carboxylic acids is 2. The fourth-order valence-corrected chi connectivity index (χ4v) is 3.64. The molecule has 136 valence electrons. The average molecular weight is 364 g/mol. The molecule has 0 aliphatic heterocycles. The van der Waals surface area contributed by atoms with Gasteiger partial charge in [-0.2, -0.15) is 0 Å². The highest BCUT2D eigenvalue weighted by atomic mass is 16.1. The Hall–Kier alpha value is -3.52. The van der Waals surface area contributed by atoms with Crippen molar-refractivity contribution < 1.29 is 9.59 Å². The molecule has 2 nitrogen and oxygen atoms in total. The van der Waals surface area contributed by atoms with Crippen LogP contribution in [0.4, 0.5) is 0 Å². The molecule has 28 heavy (non-hydrogen) atoms. The Morgan fingerprint density at radius 3 is 1.71 bits per heavy atom. The lowest BCUT2D eigenvalue weighted by molar-refractivity contribution is 0.100. The van der Waals surface area contributed by atoms with Crippen LogP contribution in [0.3, 0.4) is 0 Å². The van der Waals surface area contributed by atoms with Crippen molar-refractivity contribution in [3.05, 3.63) is 118 Å². The zero-order chi connectivity index (χ0) is 19.7. The second-order valence-electron chi connectivity index (χ2n) is 7.00. The van der Waals surface area contributed by atoms with E-state index in [2.05, 4.69) is 0 Å². The van der Waals surface area contributed by atoms with Crippen molar-refractivity contribution in [2.75, 3.05) is 0 Å². The van der Waals surface area contributed by atoms with Gasteiger partial charge in [0.25, 0.3) is 0 Å². The van der Waals surface area contributed by atoms with E-state index in [0.717, 1.165) is 21.9 Å². The van der Waals surface area contributed by atoms with Crippen molar-refractivity contribution in [3.8, 4) is 0 Å². The molecular weight excluding hydrogens is 344 g/mol. The molecule has 4 rings (SSSR count). The molecule has 2 heteroatoms. The summed E-state index contributed by atoms with van der Waals surface area (Å²) in [5.41, 5.74) is 3.96. The highest BCUT2D eigenvalue weighted by molar-refractivity contribution is 6.25. The van der Waals surface area contributed by atoms with Crippen LogP contribution in [0.5, 0.6) is 0 Å². The Kier molecular flexibility index (Phi) is 4.62. The third-order valence-electron chi connectivity index (χ3n) is 5.18. The summed E-state index contributed by atoms with van der Waals surface area (Å²) in [6.07, 6.45) is 0. The Morgan fingerprint density at radius 1 is 0.536 bits per heavy atom. The highest BCUT2D eigenvalue weighted by Gasteiger charge is 2.23. The fraction of sp³-hybridized carbons (Fsp3) is 0.0769. The van der Waals surface area contributed by atoms with Gasteiger partial charge in [0.05, 0.1) is 0 Å². The van der Waals surface area contributed by atoms with Gasteiger partial charge in [0.2, 0.25) is 0 Å². The molecule has 4 aromatic rings. The van der Waals surface area contributed by atoms with E-state index in [-0.39, 0.29) is 11.6 Å². The molecule has 0 aliphatic carbocycles. The number of carbonyl (C=O) groups is 2. The molecule has 0 radical (unpaired) electrons. The first-order chi connectivity index (χ1) is 13.6. The van der Waals surface area contributed by atoms with E-state index < -0.39 is 0 Å². The van der Waals surface area contributed by atoms with E-state index >= 15 is 0 Å². The summed E-state index contributed by atoms with van der Waals surface area (Å²) < 4.78 is 0. The molecular formula is C26H20O2. The zero-order valence-corrected chi connectivity index (χ0v) is 15.9. The summed E-state index contributed by atoms with van der Waals surface area (Å²) in [4.78, 5) is 27.0. The second-order valence-corrected chi connectivity index (χ2v) is 7.00. The third kappa shape index (κ3) is 3.03. The van der Waals surface area contributed by atoms with Crippen LogP contribution in [0, 0.1) is 13.8 Å². The average Bonchev–Trinajstić information content (AvgIpc) is 2.72. The van der Waals surface area contributed by atoms with Crippen molar-refractivity contribution in [1.29, 1.82) is 0 Å². The number of aryl methyl sites for hydroxylation is 2. The van der Waals surface area contributed by atoms with Crippen LogP contribution in [0.25, 0.3) is 10.8 Å². The first kappa shape index (κ1) is 17.9. The summed E-state index contributed by atoms with van der Waals surface area (Å²) in [6.45, 7) is 3.83. The van der Waals surface area contributed by atoms with Crippen LogP contribution in [-0.4, -0.2) is 11.6 Å². The molecule has 0 aliphatic rings. The first-order valence-corrected chi connectivity index (χ1v) is 9.30. The molecule has 0 saturated heterocycles. The summed E-state index contributed by atoms with van der Waals surface area (Å²) >= 11 is 0. The maximum absolute atomic E-state index is 13.6. The normalized spacial score (nSPS) is 10.8. The number of rotatable bonds is 4. The smallest absolute Gasteiger partial charge is 0.194 e. The van der Waals surface area contributed by atoms with E-state index in [1.807, 2.05) is 92.7 Å². The molecule has 0 bridgehead atoms. The Labute approximate surface area is 164 Å². The number of hydrogen-bond donors (Lipinski definition) is 0. The quantitative estimate of drug-likeness (QED) is 0.421. The minimum Gasteiger partial charge on any atom is -0.289 e. The Morgan fingerprint density at radius 2 is 1.07 bits per heavy atom. The van der Waals surface area contributed by atoms with Gasteiger partial charge in [0.15, 0.2) is 11.6 Å². The van der Waals surface area contributed by atoms with Crippen LogP contribution in [0.1, 0.15) is 43.0 Å². The number of ketones is 2. The summed E-state index contributed by atoms with van der Waals surface area (Å²) in [5.74, 6) is -0.243. The van der Waals surface area contributed by atoms with Gasteiger partial charge in [-0.05, 0) is 41.8 Å².